The van der Waals surface area contributed by atoms with Crippen LogP contribution >= 0.6 is 15.9 Å². The standard InChI is InChI=1S/C15H19BrFNO/c16-8-9-18(14-6-1-2-7-14)15(19)11-12-4-3-5-13(17)10-12/h3-5,10,14H,1-2,6-9,11H2. The topological polar surface area (TPSA) is 20.3 Å². The first-order chi connectivity index (χ1) is 9.20. The third-order valence-electron chi connectivity index (χ3n) is 3.66. The van der Waals surface area contributed by atoms with Crippen molar-refractivity contribution < 1.29 is 9.18 Å². The molecule has 1 aliphatic carbocycles. The van der Waals surface area contributed by atoms with Crippen molar-refractivity contribution in [1.29, 1.82) is 0 Å². The molecule has 1 fully saturated rings. The maximum atomic E-state index is 13.1. The van der Waals surface area contributed by atoms with Crippen molar-refractivity contribution in [2.24, 2.45) is 0 Å². The summed E-state index contributed by atoms with van der Waals surface area (Å²) in [5.41, 5.74) is 0.752. The third kappa shape index (κ3) is 4.03. The molecule has 0 heterocycles. The molecule has 0 radical (unpaired) electrons. The van der Waals surface area contributed by atoms with E-state index in [4.69, 9.17) is 0 Å². The zero-order valence-electron chi connectivity index (χ0n) is 10.9. The number of carbonyl (C=O) groups is 1. The van der Waals surface area contributed by atoms with Crippen LogP contribution < -0.4 is 0 Å². The highest BCUT2D eigenvalue weighted by Gasteiger charge is 2.25. The molecule has 0 atom stereocenters. The van der Waals surface area contributed by atoms with E-state index in [9.17, 15) is 9.18 Å². The molecule has 4 heteroatoms. The summed E-state index contributed by atoms with van der Waals surface area (Å²) in [4.78, 5) is 14.3. The van der Waals surface area contributed by atoms with Gasteiger partial charge in [-0.3, -0.25) is 4.79 Å². The Hall–Kier alpha value is -0.900. The van der Waals surface area contributed by atoms with Crippen LogP contribution in [0.15, 0.2) is 24.3 Å². The van der Waals surface area contributed by atoms with Crippen LogP contribution in [0.3, 0.4) is 0 Å². The van der Waals surface area contributed by atoms with Crippen molar-refractivity contribution in [3.63, 3.8) is 0 Å². The predicted octanol–water partition coefficient (Wildman–Crippen LogP) is 3.53. The predicted molar refractivity (Wildman–Crippen MR) is 77.9 cm³/mol. The van der Waals surface area contributed by atoms with Gasteiger partial charge in [0.25, 0.3) is 0 Å². The summed E-state index contributed by atoms with van der Waals surface area (Å²) >= 11 is 3.41. The van der Waals surface area contributed by atoms with Crippen molar-refractivity contribution in [3.8, 4) is 0 Å². The van der Waals surface area contributed by atoms with Gasteiger partial charge < -0.3 is 4.90 Å². The summed E-state index contributed by atoms with van der Waals surface area (Å²) in [7, 11) is 0. The molecule has 0 aromatic heterocycles. The lowest BCUT2D eigenvalue weighted by atomic mass is 10.1. The van der Waals surface area contributed by atoms with E-state index in [0.717, 1.165) is 30.3 Å². The Labute approximate surface area is 122 Å². The minimum atomic E-state index is -0.279. The van der Waals surface area contributed by atoms with Gasteiger partial charge in [0, 0.05) is 17.9 Å². The van der Waals surface area contributed by atoms with Gasteiger partial charge in [0.2, 0.25) is 5.91 Å². The van der Waals surface area contributed by atoms with E-state index in [-0.39, 0.29) is 11.7 Å². The quantitative estimate of drug-likeness (QED) is 0.757. The van der Waals surface area contributed by atoms with Crippen LogP contribution in [-0.4, -0.2) is 28.7 Å². The first-order valence-corrected chi connectivity index (χ1v) is 7.92. The van der Waals surface area contributed by atoms with Crippen LogP contribution in [0.1, 0.15) is 31.2 Å². The summed E-state index contributed by atoms with van der Waals surface area (Å²) < 4.78 is 13.1. The molecule has 19 heavy (non-hydrogen) atoms. The van der Waals surface area contributed by atoms with Crippen LogP contribution in [0.5, 0.6) is 0 Å². The number of halogens is 2. The molecule has 2 nitrogen and oxygen atoms in total. The molecule has 1 aromatic rings. The van der Waals surface area contributed by atoms with E-state index >= 15 is 0 Å². The van der Waals surface area contributed by atoms with Gasteiger partial charge in [0.05, 0.1) is 6.42 Å². The normalized spacial score (nSPS) is 15.7. The molecule has 1 amide bonds. The average molecular weight is 328 g/mol. The summed E-state index contributed by atoms with van der Waals surface area (Å²) in [6.07, 6.45) is 4.90. The van der Waals surface area contributed by atoms with Gasteiger partial charge in [-0.25, -0.2) is 4.39 Å². The lowest BCUT2D eigenvalue weighted by Gasteiger charge is -2.28. The highest BCUT2D eigenvalue weighted by atomic mass is 79.9. The SMILES string of the molecule is O=C(Cc1cccc(F)c1)N(CCBr)C1CCCC1. The molecule has 0 unspecified atom stereocenters. The molecule has 1 saturated carbocycles. The van der Waals surface area contributed by atoms with Gasteiger partial charge in [0.15, 0.2) is 0 Å². The van der Waals surface area contributed by atoms with Crippen molar-refractivity contribution >= 4 is 21.8 Å². The molecular formula is C15H19BrFNO. The summed E-state index contributed by atoms with van der Waals surface area (Å²) in [5.74, 6) is -0.171. The molecule has 2 rings (SSSR count). The second-order valence-electron chi connectivity index (χ2n) is 5.02. The zero-order valence-corrected chi connectivity index (χ0v) is 12.5. The Morgan fingerprint density at radius 2 is 2.11 bits per heavy atom. The number of nitrogens with zero attached hydrogens (tertiary/aromatic N) is 1. The molecule has 0 spiro atoms. The van der Waals surface area contributed by atoms with Gasteiger partial charge in [-0.1, -0.05) is 40.9 Å². The van der Waals surface area contributed by atoms with E-state index in [2.05, 4.69) is 15.9 Å². The van der Waals surface area contributed by atoms with Crippen LogP contribution in [-0.2, 0) is 11.2 Å². The van der Waals surface area contributed by atoms with Gasteiger partial charge >= 0.3 is 0 Å². The van der Waals surface area contributed by atoms with Crippen LogP contribution in [0.25, 0.3) is 0 Å². The maximum absolute atomic E-state index is 13.1. The Morgan fingerprint density at radius 1 is 1.37 bits per heavy atom. The number of hydrogen-bond acceptors (Lipinski definition) is 1. The second-order valence-corrected chi connectivity index (χ2v) is 5.81. The molecule has 0 aliphatic heterocycles. The number of carbonyl (C=O) groups excluding carboxylic acids is 1. The molecular weight excluding hydrogens is 309 g/mol. The van der Waals surface area contributed by atoms with Crippen LogP contribution in [0.2, 0.25) is 0 Å². The fourth-order valence-corrected chi connectivity index (χ4v) is 3.12. The molecule has 0 N–H and O–H groups in total. The maximum Gasteiger partial charge on any atom is 0.227 e. The van der Waals surface area contributed by atoms with E-state index < -0.39 is 0 Å². The van der Waals surface area contributed by atoms with E-state index in [1.54, 1.807) is 6.07 Å². The molecule has 0 bridgehead atoms. The van der Waals surface area contributed by atoms with Gasteiger partial charge in [0.1, 0.15) is 5.82 Å². The highest BCUT2D eigenvalue weighted by Crippen LogP contribution is 2.24. The number of alkyl halides is 1. The Bertz CT molecular complexity index is 432. The number of amides is 1. The van der Waals surface area contributed by atoms with Crippen molar-refractivity contribution in [1.82, 2.24) is 4.90 Å². The van der Waals surface area contributed by atoms with Crippen molar-refractivity contribution in [3.05, 3.63) is 35.6 Å². The monoisotopic (exact) mass is 327 g/mol. The van der Waals surface area contributed by atoms with Crippen LogP contribution in [0.4, 0.5) is 4.39 Å². The summed E-state index contributed by atoms with van der Waals surface area (Å²) in [5, 5.41) is 0.790. The van der Waals surface area contributed by atoms with Gasteiger partial charge in [-0.05, 0) is 30.5 Å². The Kier molecular flexibility index (Phi) is 5.37. The second kappa shape index (κ2) is 7.04. The Morgan fingerprint density at radius 3 is 2.74 bits per heavy atom. The summed E-state index contributed by atoms with van der Waals surface area (Å²) in [6.45, 7) is 0.735. The average Bonchev–Trinajstić information content (AvgIpc) is 2.89. The van der Waals surface area contributed by atoms with Gasteiger partial charge in [-0.15, -0.1) is 0 Å². The fraction of sp³-hybridized carbons (Fsp3) is 0.533. The highest BCUT2D eigenvalue weighted by molar-refractivity contribution is 9.09. The lowest BCUT2D eigenvalue weighted by Crippen LogP contribution is -2.41. The smallest absolute Gasteiger partial charge is 0.227 e. The van der Waals surface area contributed by atoms with Crippen molar-refractivity contribution in [2.45, 2.75) is 38.1 Å². The van der Waals surface area contributed by atoms with E-state index in [1.165, 1.54) is 25.0 Å². The molecule has 104 valence electrons. The molecule has 0 saturated heterocycles. The summed E-state index contributed by atoms with van der Waals surface area (Å²) in [6, 6.07) is 6.68. The third-order valence-corrected chi connectivity index (χ3v) is 4.01. The molecule has 1 aromatic carbocycles. The van der Waals surface area contributed by atoms with Crippen LogP contribution in [0, 0.1) is 5.82 Å². The van der Waals surface area contributed by atoms with E-state index in [1.807, 2.05) is 11.0 Å². The Balaban J connectivity index is 2.02. The van der Waals surface area contributed by atoms with E-state index in [0.29, 0.717) is 12.5 Å². The number of hydrogen-bond donors (Lipinski definition) is 0. The number of rotatable bonds is 5. The largest absolute Gasteiger partial charge is 0.339 e. The zero-order chi connectivity index (χ0) is 13.7. The minimum absolute atomic E-state index is 0.108. The van der Waals surface area contributed by atoms with Gasteiger partial charge in [-0.2, -0.15) is 0 Å². The fourth-order valence-electron chi connectivity index (χ4n) is 2.74. The first-order valence-electron chi connectivity index (χ1n) is 6.80. The lowest BCUT2D eigenvalue weighted by molar-refractivity contribution is -0.132. The molecule has 1 aliphatic rings. The van der Waals surface area contributed by atoms with Crippen molar-refractivity contribution in [2.75, 3.05) is 11.9 Å². The number of benzene rings is 1. The first kappa shape index (κ1) is 14.5. The minimum Gasteiger partial charge on any atom is -0.339 e.